The highest BCUT2D eigenvalue weighted by molar-refractivity contribution is 5.49. The molecule has 0 fully saturated rings. The van der Waals surface area contributed by atoms with Gasteiger partial charge in [0.15, 0.2) is 6.19 Å². The van der Waals surface area contributed by atoms with Crippen LogP contribution in [0.1, 0.15) is 17.0 Å². The lowest BCUT2D eigenvalue weighted by Crippen LogP contribution is -2.04. The number of hydrogen-bond acceptors (Lipinski definition) is 5. The van der Waals surface area contributed by atoms with Crippen molar-refractivity contribution in [2.75, 3.05) is 10.6 Å². The lowest BCUT2D eigenvalue weighted by atomic mass is 10.1. The lowest BCUT2D eigenvalue weighted by Gasteiger charge is -2.08. The standard InChI is InChI=1S/C14H15N5/c1-10-3-5-12(6-4-10)8-16-13-7-14(17-9-15)19-11(2)18-13/h3-7H,8H2,1-2H3,(H2,16,17,18,19). The van der Waals surface area contributed by atoms with Crippen LogP contribution in [0.25, 0.3) is 0 Å². The van der Waals surface area contributed by atoms with E-state index in [1.807, 2.05) is 6.19 Å². The summed E-state index contributed by atoms with van der Waals surface area (Å²) in [6, 6.07) is 10.0. The zero-order valence-electron chi connectivity index (χ0n) is 10.9. The van der Waals surface area contributed by atoms with Gasteiger partial charge in [-0.2, -0.15) is 5.26 Å². The molecular formula is C14H15N5. The van der Waals surface area contributed by atoms with Gasteiger partial charge in [0.25, 0.3) is 0 Å². The van der Waals surface area contributed by atoms with Crippen molar-refractivity contribution >= 4 is 11.6 Å². The smallest absolute Gasteiger partial charge is 0.182 e. The molecule has 2 rings (SSSR count). The second-order valence-corrected chi connectivity index (χ2v) is 4.26. The normalized spacial score (nSPS) is 9.74. The molecule has 2 aromatic rings. The molecule has 0 aliphatic carbocycles. The number of benzene rings is 1. The summed E-state index contributed by atoms with van der Waals surface area (Å²) in [5.41, 5.74) is 2.42. The van der Waals surface area contributed by atoms with Gasteiger partial charge in [0.05, 0.1) is 0 Å². The summed E-state index contributed by atoms with van der Waals surface area (Å²) in [5, 5.41) is 14.3. The van der Waals surface area contributed by atoms with Crippen molar-refractivity contribution in [2.24, 2.45) is 0 Å². The molecule has 96 valence electrons. The van der Waals surface area contributed by atoms with Crippen molar-refractivity contribution in [2.45, 2.75) is 20.4 Å². The van der Waals surface area contributed by atoms with Gasteiger partial charge in [-0.15, -0.1) is 0 Å². The molecule has 5 heteroatoms. The Labute approximate surface area is 112 Å². The zero-order valence-corrected chi connectivity index (χ0v) is 10.9. The fourth-order valence-electron chi connectivity index (χ4n) is 1.68. The second-order valence-electron chi connectivity index (χ2n) is 4.26. The van der Waals surface area contributed by atoms with Crippen LogP contribution >= 0.6 is 0 Å². The fraction of sp³-hybridized carbons (Fsp3) is 0.214. The molecule has 1 heterocycles. The summed E-state index contributed by atoms with van der Waals surface area (Å²) >= 11 is 0. The molecule has 5 nitrogen and oxygen atoms in total. The third kappa shape index (κ3) is 3.68. The molecule has 19 heavy (non-hydrogen) atoms. The molecule has 0 unspecified atom stereocenters. The Balaban J connectivity index is 2.07. The molecule has 1 aromatic heterocycles. The number of aromatic nitrogens is 2. The van der Waals surface area contributed by atoms with E-state index in [1.165, 1.54) is 11.1 Å². The van der Waals surface area contributed by atoms with Crippen LogP contribution in [-0.2, 0) is 6.54 Å². The quantitative estimate of drug-likeness (QED) is 0.647. The first kappa shape index (κ1) is 12.8. The molecule has 0 bridgehead atoms. The van der Waals surface area contributed by atoms with Gasteiger partial charge >= 0.3 is 0 Å². The van der Waals surface area contributed by atoms with E-state index in [0.29, 0.717) is 24.0 Å². The first-order valence-electron chi connectivity index (χ1n) is 5.97. The summed E-state index contributed by atoms with van der Waals surface area (Å²) in [6.45, 7) is 4.53. The highest BCUT2D eigenvalue weighted by Crippen LogP contribution is 2.12. The average molecular weight is 253 g/mol. The SMILES string of the molecule is Cc1ccc(CNc2cc(NC#N)nc(C)n2)cc1. The van der Waals surface area contributed by atoms with Crippen LogP contribution in [0.4, 0.5) is 11.6 Å². The van der Waals surface area contributed by atoms with Gasteiger partial charge in [0, 0.05) is 12.6 Å². The number of rotatable bonds is 4. The minimum absolute atomic E-state index is 0.501. The second kappa shape index (κ2) is 5.83. The molecule has 2 N–H and O–H groups in total. The van der Waals surface area contributed by atoms with Crippen LogP contribution in [0.15, 0.2) is 30.3 Å². The van der Waals surface area contributed by atoms with Crippen LogP contribution in [0.2, 0.25) is 0 Å². The Morgan fingerprint density at radius 2 is 1.79 bits per heavy atom. The zero-order chi connectivity index (χ0) is 13.7. The number of anilines is 2. The number of nitriles is 1. The third-order valence-electron chi connectivity index (χ3n) is 2.62. The third-order valence-corrected chi connectivity index (χ3v) is 2.62. The van der Waals surface area contributed by atoms with Gasteiger partial charge in [0.2, 0.25) is 0 Å². The summed E-state index contributed by atoms with van der Waals surface area (Å²) in [5.74, 6) is 1.82. The minimum Gasteiger partial charge on any atom is -0.366 e. The van der Waals surface area contributed by atoms with Gasteiger partial charge in [-0.3, -0.25) is 5.32 Å². The molecular weight excluding hydrogens is 238 g/mol. The summed E-state index contributed by atoms with van der Waals surface area (Å²) in [7, 11) is 0. The van der Waals surface area contributed by atoms with E-state index >= 15 is 0 Å². The van der Waals surface area contributed by atoms with Crippen molar-refractivity contribution in [3.63, 3.8) is 0 Å². The number of nitrogens with one attached hydrogen (secondary N) is 2. The fourth-order valence-corrected chi connectivity index (χ4v) is 1.68. The highest BCUT2D eigenvalue weighted by atomic mass is 15.1. The maximum atomic E-state index is 8.59. The van der Waals surface area contributed by atoms with Gasteiger partial charge in [-0.05, 0) is 19.4 Å². The molecule has 0 atom stereocenters. The summed E-state index contributed by atoms with van der Waals surface area (Å²) < 4.78 is 0. The Hall–Kier alpha value is -2.61. The van der Waals surface area contributed by atoms with Crippen molar-refractivity contribution in [3.05, 3.63) is 47.3 Å². The van der Waals surface area contributed by atoms with E-state index in [9.17, 15) is 0 Å². The number of aryl methyl sites for hydroxylation is 2. The van der Waals surface area contributed by atoms with E-state index in [1.54, 1.807) is 13.0 Å². The molecule has 0 aliphatic rings. The first-order valence-corrected chi connectivity index (χ1v) is 5.97. The van der Waals surface area contributed by atoms with Crippen LogP contribution < -0.4 is 10.6 Å². The van der Waals surface area contributed by atoms with Crippen LogP contribution in [0.3, 0.4) is 0 Å². The van der Waals surface area contributed by atoms with E-state index in [4.69, 9.17) is 5.26 Å². The summed E-state index contributed by atoms with van der Waals surface area (Å²) in [4.78, 5) is 8.38. The Bertz CT molecular complexity index is 598. The number of nitrogens with zero attached hydrogens (tertiary/aromatic N) is 3. The van der Waals surface area contributed by atoms with E-state index < -0.39 is 0 Å². The molecule has 0 saturated carbocycles. The lowest BCUT2D eigenvalue weighted by molar-refractivity contribution is 1.02. The Morgan fingerprint density at radius 3 is 2.47 bits per heavy atom. The van der Waals surface area contributed by atoms with Crippen LogP contribution in [0, 0.1) is 25.3 Å². The Kier molecular flexibility index (Phi) is 3.94. The van der Waals surface area contributed by atoms with E-state index in [2.05, 4.69) is 51.8 Å². The van der Waals surface area contributed by atoms with Crippen molar-refractivity contribution in [1.29, 1.82) is 5.26 Å². The minimum atomic E-state index is 0.501. The summed E-state index contributed by atoms with van der Waals surface area (Å²) in [6.07, 6.45) is 1.85. The van der Waals surface area contributed by atoms with Crippen LogP contribution in [0.5, 0.6) is 0 Å². The molecule has 1 aromatic carbocycles. The van der Waals surface area contributed by atoms with Gasteiger partial charge in [0.1, 0.15) is 17.5 Å². The van der Waals surface area contributed by atoms with E-state index in [-0.39, 0.29) is 0 Å². The van der Waals surface area contributed by atoms with Gasteiger partial charge in [-0.25, -0.2) is 9.97 Å². The maximum Gasteiger partial charge on any atom is 0.182 e. The highest BCUT2D eigenvalue weighted by Gasteiger charge is 2.01. The average Bonchev–Trinajstić information content (AvgIpc) is 2.38. The predicted octanol–water partition coefficient (Wildman–Crippen LogP) is 2.60. The van der Waals surface area contributed by atoms with E-state index in [0.717, 1.165) is 0 Å². The van der Waals surface area contributed by atoms with Crippen molar-refractivity contribution in [3.8, 4) is 6.19 Å². The molecule has 0 saturated heterocycles. The van der Waals surface area contributed by atoms with Gasteiger partial charge < -0.3 is 5.32 Å². The molecule has 0 radical (unpaired) electrons. The predicted molar refractivity (Wildman–Crippen MR) is 74.5 cm³/mol. The Morgan fingerprint density at radius 1 is 1.11 bits per heavy atom. The van der Waals surface area contributed by atoms with Crippen molar-refractivity contribution < 1.29 is 0 Å². The topological polar surface area (TPSA) is 73.6 Å². The van der Waals surface area contributed by atoms with Crippen molar-refractivity contribution in [1.82, 2.24) is 9.97 Å². The molecule has 0 amide bonds. The maximum absolute atomic E-state index is 8.59. The van der Waals surface area contributed by atoms with Gasteiger partial charge in [-0.1, -0.05) is 29.8 Å². The monoisotopic (exact) mass is 253 g/mol. The first-order chi connectivity index (χ1) is 9.17. The largest absolute Gasteiger partial charge is 0.366 e. The number of hydrogen-bond donors (Lipinski definition) is 2. The molecule has 0 spiro atoms. The molecule has 0 aliphatic heterocycles. The van der Waals surface area contributed by atoms with Crippen LogP contribution in [-0.4, -0.2) is 9.97 Å².